The van der Waals surface area contributed by atoms with E-state index in [9.17, 15) is 9.59 Å². The Morgan fingerprint density at radius 1 is 1.22 bits per heavy atom. The first-order chi connectivity index (χ1) is 12.9. The van der Waals surface area contributed by atoms with Gasteiger partial charge >= 0.3 is 0 Å². The molecule has 2 N–H and O–H groups in total. The predicted octanol–water partition coefficient (Wildman–Crippen LogP) is 3.39. The van der Waals surface area contributed by atoms with Crippen molar-refractivity contribution in [1.29, 1.82) is 0 Å². The molecule has 3 rings (SSSR count). The van der Waals surface area contributed by atoms with Gasteiger partial charge < -0.3 is 19.9 Å². The molecule has 0 fully saturated rings. The third-order valence-corrected chi connectivity index (χ3v) is 4.23. The van der Waals surface area contributed by atoms with Crippen molar-refractivity contribution in [3.63, 3.8) is 0 Å². The van der Waals surface area contributed by atoms with E-state index in [2.05, 4.69) is 20.8 Å². The summed E-state index contributed by atoms with van der Waals surface area (Å²) in [5.74, 6) is 0.655. The number of rotatable bonds is 6. The predicted molar refractivity (Wildman–Crippen MR) is 102 cm³/mol. The second-order valence-electron chi connectivity index (χ2n) is 5.80. The van der Waals surface area contributed by atoms with Crippen molar-refractivity contribution in [2.75, 3.05) is 17.2 Å². The van der Waals surface area contributed by atoms with Crippen LogP contribution in [0.25, 0.3) is 11.3 Å². The van der Waals surface area contributed by atoms with Gasteiger partial charge in [0.1, 0.15) is 11.5 Å². The molecule has 27 heavy (non-hydrogen) atoms. The molecule has 3 aromatic rings. The van der Waals surface area contributed by atoms with Gasteiger partial charge in [0.2, 0.25) is 5.91 Å². The fourth-order valence-corrected chi connectivity index (χ4v) is 2.97. The first-order valence-electron chi connectivity index (χ1n) is 8.11. The molecule has 9 heteroatoms. The first-order valence-corrected chi connectivity index (χ1v) is 8.99. The van der Waals surface area contributed by atoms with Gasteiger partial charge in [-0.3, -0.25) is 9.59 Å². The number of amides is 2. The maximum absolute atomic E-state index is 12.0. The molecule has 140 valence electrons. The third kappa shape index (κ3) is 4.91. The summed E-state index contributed by atoms with van der Waals surface area (Å²) in [6, 6.07) is 6.90. The van der Waals surface area contributed by atoms with E-state index >= 15 is 0 Å². The number of aromatic nitrogens is 2. The molecule has 0 radical (unpaired) electrons. The van der Waals surface area contributed by atoms with Crippen LogP contribution in [-0.2, 0) is 9.59 Å². The minimum Gasteiger partial charge on any atom is -0.482 e. The van der Waals surface area contributed by atoms with Gasteiger partial charge in [0.05, 0.1) is 16.4 Å². The van der Waals surface area contributed by atoms with E-state index in [1.54, 1.807) is 36.5 Å². The van der Waals surface area contributed by atoms with E-state index in [1.807, 2.05) is 18.4 Å². The van der Waals surface area contributed by atoms with Crippen molar-refractivity contribution >= 4 is 34.7 Å². The molecule has 0 aliphatic carbocycles. The summed E-state index contributed by atoms with van der Waals surface area (Å²) in [5.41, 5.74) is 2.13. The van der Waals surface area contributed by atoms with Crippen LogP contribution < -0.4 is 15.4 Å². The molecule has 1 aromatic carbocycles. The summed E-state index contributed by atoms with van der Waals surface area (Å²) in [6.07, 6.45) is 0. The van der Waals surface area contributed by atoms with Crippen LogP contribution in [0.4, 0.5) is 11.5 Å². The fraction of sp³-hybridized carbons (Fsp3) is 0.222. The largest absolute Gasteiger partial charge is 0.482 e. The third-order valence-electron chi connectivity index (χ3n) is 3.46. The number of ether oxygens (including phenoxy) is 1. The number of aryl methyl sites for hydroxylation is 2. The highest BCUT2D eigenvalue weighted by atomic mass is 32.1. The molecule has 0 bridgehead atoms. The molecule has 0 aliphatic rings. The Hall–Kier alpha value is -3.20. The van der Waals surface area contributed by atoms with Crippen LogP contribution in [0.15, 0.2) is 34.2 Å². The Kier molecular flexibility index (Phi) is 5.51. The average molecular weight is 386 g/mol. The molecule has 2 amide bonds. The second kappa shape index (κ2) is 8.00. The Morgan fingerprint density at radius 2 is 2.04 bits per heavy atom. The van der Waals surface area contributed by atoms with E-state index in [4.69, 9.17) is 9.26 Å². The number of carbonyl (C=O) groups excluding carboxylic acids is 2. The zero-order chi connectivity index (χ0) is 19.4. The number of nitrogens with zero attached hydrogens (tertiary/aromatic N) is 2. The molecule has 0 unspecified atom stereocenters. The quantitative estimate of drug-likeness (QED) is 0.673. The standard InChI is InChI=1S/C18H18N4O4S/c1-10-6-17(22-26-10)21-18(24)8-25-16-5-4-13(7-14(16)19-11(2)23)15-9-27-12(3)20-15/h4-7,9H,8H2,1-3H3,(H,19,23)(H,21,22,24). The van der Waals surface area contributed by atoms with E-state index < -0.39 is 5.91 Å². The number of anilines is 2. The maximum atomic E-state index is 12.0. The van der Waals surface area contributed by atoms with Gasteiger partial charge in [-0.05, 0) is 32.0 Å². The summed E-state index contributed by atoms with van der Waals surface area (Å²) in [4.78, 5) is 28.0. The Morgan fingerprint density at radius 3 is 2.67 bits per heavy atom. The molecule has 0 aliphatic heterocycles. The van der Waals surface area contributed by atoms with Crippen LogP contribution in [0.1, 0.15) is 17.7 Å². The lowest BCUT2D eigenvalue weighted by Gasteiger charge is -2.12. The van der Waals surface area contributed by atoms with Crippen LogP contribution in [0, 0.1) is 13.8 Å². The van der Waals surface area contributed by atoms with E-state index in [0.29, 0.717) is 23.0 Å². The molecule has 0 spiro atoms. The molecule has 0 saturated heterocycles. The fourth-order valence-electron chi connectivity index (χ4n) is 2.35. The Labute approximate surface area is 159 Å². The highest BCUT2D eigenvalue weighted by molar-refractivity contribution is 7.09. The maximum Gasteiger partial charge on any atom is 0.263 e. The number of hydrogen-bond acceptors (Lipinski definition) is 7. The highest BCUT2D eigenvalue weighted by Crippen LogP contribution is 2.31. The number of thiazole rings is 1. The lowest BCUT2D eigenvalue weighted by Crippen LogP contribution is -2.21. The SMILES string of the molecule is CC(=O)Nc1cc(-c2csc(C)n2)ccc1OCC(=O)Nc1cc(C)on1. The van der Waals surface area contributed by atoms with E-state index in [-0.39, 0.29) is 12.5 Å². The molecular formula is C18H18N4O4S. The monoisotopic (exact) mass is 386 g/mol. The summed E-state index contributed by atoms with van der Waals surface area (Å²) >= 11 is 1.54. The van der Waals surface area contributed by atoms with Crippen molar-refractivity contribution in [3.8, 4) is 17.0 Å². The lowest BCUT2D eigenvalue weighted by atomic mass is 10.1. The summed E-state index contributed by atoms with van der Waals surface area (Å²) in [7, 11) is 0. The van der Waals surface area contributed by atoms with Gasteiger partial charge in [-0.25, -0.2) is 4.98 Å². The van der Waals surface area contributed by atoms with Gasteiger partial charge in [0.15, 0.2) is 12.4 Å². The van der Waals surface area contributed by atoms with Crippen molar-refractivity contribution in [2.45, 2.75) is 20.8 Å². The van der Waals surface area contributed by atoms with Crippen LogP contribution >= 0.6 is 11.3 Å². The second-order valence-corrected chi connectivity index (χ2v) is 6.87. The number of nitrogens with one attached hydrogen (secondary N) is 2. The first kappa shape index (κ1) is 18.6. The molecular weight excluding hydrogens is 368 g/mol. The van der Waals surface area contributed by atoms with Crippen molar-refractivity contribution < 1.29 is 18.8 Å². The zero-order valence-electron chi connectivity index (χ0n) is 15.0. The highest BCUT2D eigenvalue weighted by Gasteiger charge is 2.12. The molecule has 2 heterocycles. The van der Waals surface area contributed by atoms with Crippen LogP contribution in [0.2, 0.25) is 0 Å². The minimum atomic E-state index is -0.392. The smallest absolute Gasteiger partial charge is 0.263 e. The van der Waals surface area contributed by atoms with Gasteiger partial charge in [0, 0.05) is 23.9 Å². The number of hydrogen-bond donors (Lipinski definition) is 2. The molecule has 2 aromatic heterocycles. The summed E-state index contributed by atoms with van der Waals surface area (Å²) in [6.45, 7) is 4.82. The van der Waals surface area contributed by atoms with Gasteiger partial charge in [-0.1, -0.05) is 5.16 Å². The summed E-state index contributed by atoms with van der Waals surface area (Å²) < 4.78 is 10.5. The van der Waals surface area contributed by atoms with Crippen molar-refractivity contribution in [1.82, 2.24) is 10.1 Å². The number of benzene rings is 1. The summed E-state index contributed by atoms with van der Waals surface area (Å²) in [5, 5.41) is 11.9. The van der Waals surface area contributed by atoms with Gasteiger partial charge in [-0.15, -0.1) is 11.3 Å². The van der Waals surface area contributed by atoms with Crippen molar-refractivity contribution in [3.05, 3.63) is 40.4 Å². The van der Waals surface area contributed by atoms with Crippen LogP contribution in [-0.4, -0.2) is 28.6 Å². The molecule has 0 saturated carbocycles. The molecule has 8 nitrogen and oxygen atoms in total. The zero-order valence-corrected chi connectivity index (χ0v) is 15.8. The topological polar surface area (TPSA) is 106 Å². The van der Waals surface area contributed by atoms with E-state index in [1.165, 1.54) is 6.92 Å². The minimum absolute atomic E-state index is 0.242. The van der Waals surface area contributed by atoms with E-state index in [0.717, 1.165) is 16.3 Å². The van der Waals surface area contributed by atoms with Crippen LogP contribution in [0.5, 0.6) is 5.75 Å². The molecule has 0 atom stereocenters. The lowest BCUT2D eigenvalue weighted by molar-refractivity contribution is -0.118. The van der Waals surface area contributed by atoms with Gasteiger partial charge in [0.25, 0.3) is 5.91 Å². The Bertz CT molecular complexity index is 979. The Balaban J connectivity index is 1.73. The van der Waals surface area contributed by atoms with Gasteiger partial charge in [-0.2, -0.15) is 0 Å². The average Bonchev–Trinajstić information content (AvgIpc) is 3.21. The normalized spacial score (nSPS) is 10.5. The van der Waals surface area contributed by atoms with Crippen LogP contribution in [0.3, 0.4) is 0 Å². The number of carbonyl (C=O) groups is 2. The van der Waals surface area contributed by atoms with Crippen molar-refractivity contribution in [2.24, 2.45) is 0 Å².